The van der Waals surface area contributed by atoms with Gasteiger partial charge in [-0.1, -0.05) is 36.2 Å². The zero-order valence-corrected chi connectivity index (χ0v) is 13.1. The molecule has 4 heteroatoms. The fraction of sp³-hybridized carbons (Fsp3) is 0.250. The fourth-order valence-electron chi connectivity index (χ4n) is 2.43. The number of hydrogen-bond acceptors (Lipinski definition) is 2. The van der Waals surface area contributed by atoms with Gasteiger partial charge in [0.1, 0.15) is 0 Å². The van der Waals surface area contributed by atoms with E-state index in [1.807, 2.05) is 24.3 Å². The van der Waals surface area contributed by atoms with Gasteiger partial charge < -0.3 is 11.5 Å². The van der Waals surface area contributed by atoms with Gasteiger partial charge in [0.2, 0.25) is 0 Å². The lowest BCUT2D eigenvalue weighted by Gasteiger charge is -2.16. The van der Waals surface area contributed by atoms with Crippen molar-refractivity contribution in [1.29, 1.82) is 0 Å². The molecule has 0 atom stereocenters. The Balaban J connectivity index is 2.47. The van der Waals surface area contributed by atoms with Crippen molar-refractivity contribution in [2.45, 2.75) is 26.7 Å². The van der Waals surface area contributed by atoms with Gasteiger partial charge in [0.05, 0.1) is 21.4 Å². The number of aryl methyl sites for hydroxylation is 1. The highest BCUT2D eigenvalue weighted by Crippen LogP contribution is 2.32. The zero-order chi connectivity index (χ0) is 14.9. The monoisotopic (exact) mass is 308 g/mol. The summed E-state index contributed by atoms with van der Waals surface area (Å²) >= 11 is 12.4. The molecule has 0 aliphatic heterocycles. The first-order chi connectivity index (χ1) is 9.43. The Bertz CT molecular complexity index is 651. The van der Waals surface area contributed by atoms with Crippen LogP contribution in [0, 0.1) is 6.92 Å². The molecule has 2 rings (SSSR count). The van der Waals surface area contributed by atoms with Gasteiger partial charge in [0.25, 0.3) is 0 Å². The lowest BCUT2D eigenvalue weighted by atomic mass is 9.93. The van der Waals surface area contributed by atoms with Crippen LogP contribution in [0.15, 0.2) is 24.3 Å². The maximum absolute atomic E-state index is 6.32. The molecule has 0 saturated carbocycles. The third-order valence-corrected chi connectivity index (χ3v) is 4.30. The van der Waals surface area contributed by atoms with Crippen molar-refractivity contribution >= 4 is 34.6 Å². The predicted octanol–water partition coefficient (Wildman–Crippen LogP) is 4.62. The molecule has 0 saturated heterocycles. The van der Waals surface area contributed by atoms with E-state index in [-0.39, 0.29) is 0 Å². The molecular formula is C16H18Cl2N2. The summed E-state index contributed by atoms with van der Waals surface area (Å²) in [4.78, 5) is 0. The van der Waals surface area contributed by atoms with Crippen LogP contribution < -0.4 is 11.5 Å². The average Bonchev–Trinajstić information content (AvgIpc) is 2.40. The second-order valence-electron chi connectivity index (χ2n) is 4.94. The standard InChI is InChI=1S/C16H18Cl2N2/c1-3-11-12(9(2)6-15(20)16(11)18)7-10-4-5-14(19)13(17)8-10/h4-6,8H,3,7,19-20H2,1-2H3. The first-order valence-corrected chi connectivity index (χ1v) is 7.29. The van der Waals surface area contributed by atoms with Crippen LogP contribution in [-0.4, -0.2) is 0 Å². The van der Waals surface area contributed by atoms with Crippen LogP contribution in [0.25, 0.3) is 0 Å². The molecule has 0 aliphatic carbocycles. The molecule has 0 fully saturated rings. The molecule has 0 heterocycles. The fourth-order valence-corrected chi connectivity index (χ4v) is 2.93. The molecular weight excluding hydrogens is 291 g/mol. The van der Waals surface area contributed by atoms with Crippen LogP contribution in [0.4, 0.5) is 11.4 Å². The van der Waals surface area contributed by atoms with E-state index in [2.05, 4.69) is 13.8 Å². The summed E-state index contributed by atoms with van der Waals surface area (Å²) in [5.41, 5.74) is 17.5. The number of rotatable bonds is 3. The summed E-state index contributed by atoms with van der Waals surface area (Å²) in [5, 5.41) is 1.24. The maximum atomic E-state index is 6.32. The van der Waals surface area contributed by atoms with Crippen LogP contribution in [0.1, 0.15) is 29.2 Å². The molecule has 106 valence electrons. The van der Waals surface area contributed by atoms with Gasteiger partial charge >= 0.3 is 0 Å². The highest BCUT2D eigenvalue weighted by molar-refractivity contribution is 6.34. The third-order valence-electron chi connectivity index (χ3n) is 3.53. The maximum Gasteiger partial charge on any atom is 0.0670 e. The van der Waals surface area contributed by atoms with Crippen LogP contribution in [0.5, 0.6) is 0 Å². The van der Waals surface area contributed by atoms with Crippen LogP contribution in [0.3, 0.4) is 0 Å². The number of halogens is 2. The molecule has 0 radical (unpaired) electrons. The van der Waals surface area contributed by atoms with Crippen LogP contribution in [-0.2, 0) is 12.8 Å². The van der Waals surface area contributed by atoms with Crippen molar-refractivity contribution in [3.8, 4) is 0 Å². The van der Waals surface area contributed by atoms with Crippen molar-refractivity contribution in [1.82, 2.24) is 0 Å². The van der Waals surface area contributed by atoms with E-state index in [9.17, 15) is 0 Å². The predicted molar refractivity (Wildman–Crippen MR) is 88.6 cm³/mol. The molecule has 4 N–H and O–H groups in total. The Morgan fingerprint density at radius 3 is 2.30 bits per heavy atom. The molecule has 0 unspecified atom stereocenters. The summed E-state index contributed by atoms with van der Waals surface area (Å²) in [6.07, 6.45) is 1.62. The van der Waals surface area contributed by atoms with Gasteiger partial charge in [-0.15, -0.1) is 0 Å². The van der Waals surface area contributed by atoms with E-state index in [4.69, 9.17) is 34.7 Å². The van der Waals surface area contributed by atoms with Crippen molar-refractivity contribution < 1.29 is 0 Å². The van der Waals surface area contributed by atoms with Gasteiger partial charge in [0.15, 0.2) is 0 Å². The van der Waals surface area contributed by atoms with Crippen molar-refractivity contribution in [2.24, 2.45) is 0 Å². The summed E-state index contributed by atoms with van der Waals surface area (Å²) in [6, 6.07) is 7.65. The second-order valence-corrected chi connectivity index (χ2v) is 5.73. The smallest absolute Gasteiger partial charge is 0.0670 e. The minimum absolute atomic E-state index is 0.583. The first kappa shape index (κ1) is 15.0. The number of nitrogens with two attached hydrogens (primary N) is 2. The first-order valence-electron chi connectivity index (χ1n) is 6.54. The summed E-state index contributed by atoms with van der Waals surface area (Å²) in [6.45, 7) is 4.14. The van der Waals surface area contributed by atoms with Crippen molar-refractivity contribution in [3.63, 3.8) is 0 Å². The van der Waals surface area contributed by atoms with Gasteiger partial charge in [-0.25, -0.2) is 0 Å². The average molecular weight is 309 g/mol. The van der Waals surface area contributed by atoms with Crippen LogP contribution in [0.2, 0.25) is 10.0 Å². The number of benzene rings is 2. The van der Waals surface area contributed by atoms with E-state index < -0.39 is 0 Å². The van der Waals surface area contributed by atoms with E-state index in [1.165, 1.54) is 5.56 Å². The quantitative estimate of drug-likeness (QED) is 0.813. The topological polar surface area (TPSA) is 52.0 Å². The SMILES string of the molecule is CCc1c(Cl)c(N)cc(C)c1Cc1ccc(N)c(Cl)c1. The highest BCUT2D eigenvalue weighted by Gasteiger charge is 2.13. The molecule has 0 spiro atoms. The lowest BCUT2D eigenvalue weighted by molar-refractivity contribution is 1.04. The third kappa shape index (κ3) is 2.87. The number of nitrogen functional groups attached to an aromatic ring is 2. The summed E-state index contributed by atoms with van der Waals surface area (Å²) < 4.78 is 0. The Morgan fingerprint density at radius 2 is 1.70 bits per heavy atom. The Hall–Kier alpha value is -1.38. The number of anilines is 2. The molecule has 0 bridgehead atoms. The summed E-state index contributed by atoms with van der Waals surface area (Å²) in [5.74, 6) is 0. The van der Waals surface area contributed by atoms with Crippen LogP contribution >= 0.6 is 23.2 Å². The van der Waals surface area contributed by atoms with E-state index in [1.54, 1.807) is 0 Å². The summed E-state index contributed by atoms with van der Waals surface area (Å²) in [7, 11) is 0. The minimum atomic E-state index is 0.583. The highest BCUT2D eigenvalue weighted by atomic mass is 35.5. The van der Waals surface area contributed by atoms with E-state index >= 15 is 0 Å². The molecule has 2 aromatic carbocycles. The second kappa shape index (κ2) is 5.94. The molecule has 0 aromatic heterocycles. The Labute approximate surface area is 129 Å². The van der Waals surface area contributed by atoms with Gasteiger partial charge in [-0.2, -0.15) is 0 Å². The molecule has 2 nitrogen and oxygen atoms in total. The molecule has 0 amide bonds. The van der Waals surface area contributed by atoms with E-state index in [0.717, 1.165) is 29.5 Å². The zero-order valence-electron chi connectivity index (χ0n) is 11.6. The van der Waals surface area contributed by atoms with Gasteiger partial charge in [0, 0.05) is 0 Å². The minimum Gasteiger partial charge on any atom is -0.398 e. The Kier molecular flexibility index (Phi) is 4.46. The largest absolute Gasteiger partial charge is 0.398 e. The van der Waals surface area contributed by atoms with E-state index in [0.29, 0.717) is 21.4 Å². The lowest BCUT2D eigenvalue weighted by Crippen LogP contribution is -2.02. The number of hydrogen-bond donors (Lipinski definition) is 2. The van der Waals surface area contributed by atoms with Gasteiger partial charge in [-0.3, -0.25) is 0 Å². The molecule has 2 aromatic rings. The van der Waals surface area contributed by atoms with Gasteiger partial charge in [-0.05, 0) is 60.2 Å². The molecule has 20 heavy (non-hydrogen) atoms. The molecule has 0 aliphatic rings. The van der Waals surface area contributed by atoms with Crippen molar-refractivity contribution in [3.05, 3.63) is 56.6 Å². The normalized spacial score (nSPS) is 10.8. The van der Waals surface area contributed by atoms with Crippen molar-refractivity contribution in [2.75, 3.05) is 11.5 Å². The Morgan fingerprint density at radius 1 is 1.00 bits per heavy atom.